The van der Waals surface area contributed by atoms with E-state index in [9.17, 15) is 9.59 Å². The molecule has 156 valence electrons. The summed E-state index contributed by atoms with van der Waals surface area (Å²) < 4.78 is 11.8. The second-order valence-electron chi connectivity index (χ2n) is 10.8. The van der Waals surface area contributed by atoms with Crippen molar-refractivity contribution in [1.29, 1.82) is 0 Å². The summed E-state index contributed by atoms with van der Waals surface area (Å²) >= 11 is 0. The first-order valence-corrected chi connectivity index (χ1v) is 16.1. The Kier molecular flexibility index (Phi) is 9.21. The van der Waals surface area contributed by atoms with Crippen LogP contribution in [0.4, 0.5) is 0 Å². The van der Waals surface area contributed by atoms with Crippen LogP contribution in [0.1, 0.15) is 54.4 Å². The maximum atomic E-state index is 12.4. The number of rotatable bonds is 7. The van der Waals surface area contributed by atoms with E-state index in [0.29, 0.717) is 6.42 Å². The molecule has 0 aliphatic heterocycles. The van der Waals surface area contributed by atoms with E-state index in [-0.39, 0.29) is 23.3 Å². The average Bonchev–Trinajstić information content (AvgIpc) is 2.39. The summed E-state index contributed by atoms with van der Waals surface area (Å²) in [7, 11) is -3.67. The van der Waals surface area contributed by atoms with Crippen LogP contribution in [0.25, 0.3) is 0 Å². The SMILES string of the molecule is CC(C)(C)OC(=O)C[C@@H](CC#C[Si](C)(C)C)[C@@H](C=O)O[Si](C)(C)C(C)(C)C. The van der Waals surface area contributed by atoms with Crippen molar-refractivity contribution < 1.29 is 18.8 Å². The van der Waals surface area contributed by atoms with Gasteiger partial charge in [-0.2, -0.15) is 0 Å². The van der Waals surface area contributed by atoms with E-state index in [1.807, 2.05) is 20.8 Å². The van der Waals surface area contributed by atoms with Crippen LogP contribution in [0, 0.1) is 17.4 Å². The quantitative estimate of drug-likeness (QED) is 0.250. The van der Waals surface area contributed by atoms with Crippen LogP contribution >= 0.6 is 0 Å². The van der Waals surface area contributed by atoms with E-state index >= 15 is 0 Å². The van der Waals surface area contributed by atoms with Crippen molar-refractivity contribution in [2.75, 3.05) is 0 Å². The Labute approximate surface area is 168 Å². The predicted octanol–water partition coefficient (Wildman–Crippen LogP) is 5.19. The normalized spacial score (nSPS) is 15.4. The van der Waals surface area contributed by atoms with Gasteiger partial charge in [0.2, 0.25) is 0 Å². The fourth-order valence-corrected chi connectivity index (χ4v) is 4.02. The van der Waals surface area contributed by atoms with Gasteiger partial charge in [-0.25, -0.2) is 0 Å². The monoisotopic (exact) mass is 412 g/mol. The van der Waals surface area contributed by atoms with Gasteiger partial charge in [0.1, 0.15) is 26.1 Å². The van der Waals surface area contributed by atoms with Crippen molar-refractivity contribution in [3.05, 3.63) is 0 Å². The second-order valence-corrected chi connectivity index (χ2v) is 20.3. The highest BCUT2D eigenvalue weighted by Gasteiger charge is 2.41. The lowest BCUT2D eigenvalue weighted by Gasteiger charge is -2.39. The molecule has 0 spiro atoms. The number of carbonyl (C=O) groups excluding carboxylic acids is 2. The van der Waals surface area contributed by atoms with Crippen LogP contribution in [0.5, 0.6) is 0 Å². The van der Waals surface area contributed by atoms with Gasteiger partial charge in [-0.1, -0.05) is 40.4 Å². The molecule has 0 fully saturated rings. The number of hydrogen-bond acceptors (Lipinski definition) is 4. The van der Waals surface area contributed by atoms with Gasteiger partial charge in [0.05, 0.1) is 6.42 Å². The molecule has 2 atom stereocenters. The molecule has 0 aromatic rings. The second kappa shape index (κ2) is 9.53. The zero-order valence-electron chi connectivity index (χ0n) is 19.3. The summed E-state index contributed by atoms with van der Waals surface area (Å²) in [6, 6.07) is 0. The van der Waals surface area contributed by atoms with Crippen LogP contribution < -0.4 is 0 Å². The topological polar surface area (TPSA) is 52.6 Å². The molecule has 0 saturated carbocycles. The number of carbonyl (C=O) groups is 2. The Bertz CT molecular complexity index is 566. The third-order valence-corrected chi connectivity index (χ3v) is 9.91. The molecule has 0 rings (SSSR count). The molecule has 0 unspecified atom stereocenters. The van der Waals surface area contributed by atoms with Crippen molar-refractivity contribution in [3.8, 4) is 11.5 Å². The van der Waals surface area contributed by atoms with Crippen LogP contribution in [-0.2, 0) is 18.8 Å². The van der Waals surface area contributed by atoms with E-state index in [2.05, 4.69) is 65.0 Å². The summed E-state index contributed by atoms with van der Waals surface area (Å²) in [5.74, 6) is 2.61. The Balaban J connectivity index is 5.53. The van der Waals surface area contributed by atoms with E-state index in [0.717, 1.165) is 6.29 Å². The minimum atomic E-state index is -2.15. The van der Waals surface area contributed by atoms with Crippen molar-refractivity contribution in [1.82, 2.24) is 0 Å². The van der Waals surface area contributed by atoms with Crippen molar-refractivity contribution in [3.63, 3.8) is 0 Å². The zero-order valence-corrected chi connectivity index (χ0v) is 21.3. The maximum absolute atomic E-state index is 12.4. The van der Waals surface area contributed by atoms with E-state index < -0.39 is 28.1 Å². The molecular weight excluding hydrogens is 372 g/mol. The third kappa shape index (κ3) is 10.9. The van der Waals surface area contributed by atoms with Crippen LogP contribution in [0.2, 0.25) is 37.8 Å². The van der Waals surface area contributed by atoms with Gasteiger partial charge in [0.15, 0.2) is 8.32 Å². The molecule has 27 heavy (non-hydrogen) atoms. The summed E-state index contributed by atoms with van der Waals surface area (Å²) in [4.78, 5) is 24.3. The molecule has 4 nitrogen and oxygen atoms in total. The maximum Gasteiger partial charge on any atom is 0.306 e. The van der Waals surface area contributed by atoms with Gasteiger partial charge in [0, 0.05) is 12.3 Å². The molecule has 0 aliphatic rings. The highest BCUT2D eigenvalue weighted by atomic mass is 28.4. The van der Waals surface area contributed by atoms with E-state index in [1.165, 1.54) is 0 Å². The first-order chi connectivity index (χ1) is 11.9. The lowest BCUT2D eigenvalue weighted by molar-refractivity contribution is -0.156. The zero-order chi connectivity index (χ0) is 21.7. The number of ether oxygens (including phenoxy) is 1. The Morgan fingerprint density at radius 1 is 1.04 bits per heavy atom. The first kappa shape index (κ1) is 26.1. The first-order valence-electron chi connectivity index (χ1n) is 9.73. The van der Waals surface area contributed by atoms with Crippen molar-refractivity contribution in [2.45, 2.75) is 104 Å². The highest BCUT2D eigenvalue weighted by molar-refractivity contribution is 6.83. The molecule has 0 aromatic carbocycles. The smallest absolute Gasteiger partial charge is 0.306 e. The molecular formula is C21H40O4Si2. The number of esters is 1. The van der Waals surface area contributed by atoms with E-state index in [4.69, 9.17) is 9.16 Å². The fraction of sp³-hybridized carbons (Fsp3) is 0.810. The van der Waals surface area contributed by atoms with Gasteiger partial charge in [-0.3, -0.25) is 4.79 Å². The standard InChI is InChI=1S/C21H40O4Si2/c1-20(2,3)24-19(23)15-17(13-12-14-26(7,8)9)18(16-22)25-27(10,11)21(4,5)6/h16-18H,13,15H2,1-11H3/t17-,18-/m1/s1. The Hall–Kier alpha value is -0.906. The fourth-order valence-electron chi connectivity index (χ4n) is 2.10. The summed E-state index contributed by atoms with van der Waals surface area (Å²) in [6.07, 6.45) is 0.789. The largest absolute Gasteiger partial charge is 0.460 e. The summed E-state index contributed by atoms with van der Waals surface area (Å²) in [5, 5.41) is -0.0191. The molecule has 0 aromatic heterocycles. The minimum absolute atomic E-state index is 0.0191. The molecule has 0 radical (unpaired) electrons. The lowest BCUT2D eigenvalue weighted by Crippen LogP contribution is -2.46. The van der Waals surface area contributed by atoms with E-state index in [1.54, 1.807) is 0 Å². The Morgan fingerprint density at radius 3 is 1.93 bits per heavy atom. The molecule has 6 heteroatoms. The molecule has 0 bridgehead atoms. The van der Waals surface area contributed by atoms with Gasteiger partial charge >= 0.3 is 5.97 Å². The summed E-state index contributed by atoms with van der Waals surface area (Å²) in [6.45, 7) is 22.7. The lowest BCUT2D eigenvalue weighted by atomic mass is 9.96. The van der Waals surface area contributed by atoms with Gasteiger partial charge < -0.3 is 14.0 Å². The van der Waals surface area contributed by atoms with Crippen molar-refractivity contribution in [2.24, 2.45) is 5.92 Å². The van der Waals surface area contributed by atoms with Crippen LogP contribution in [0.3, 0.4) is 0 Å². The third-order valence-electron chi connectivity index (χ3n) is 4.51. The average molecular weight is 413 g/mol. The minimum Gasteiger partial charge on any atom is -0.460 e. The number of aldehydes is 1. The highest BCUT2D eigenvalue weighted by Crippen LogP contribution is 2.38. The van der Waals surface area contributed by atoms with Gasteiger partial charge in [-0.05, 0) is 38.9 Å². The van der Waals surface area contributed by atoms with Crippen molar-refractivity contribution >= 4 is 28.6 Å². The molecule has 0 saturated heterocycles. The van der Waals surface area contributed by atoms with Crippen LogP contribution in [-0.4, -0.2) is 40.4 Å². The number of hydrogen-bond donors (Lipinski definition) is 0. The molecule has 0 N–H and O–H groups in total. The van der Waals surface area contributed by atoms with Gasteiger partial charge in [0.25, 0.3) is 0 Å². The summed E-state index contributed by atoms with van der Waals surface area (Å²) in [5.41, 5.74) is 2.77. The Morgan fingerprint density at radius 2 is 1.56 bits per heavy atom. The van der Waals surface area contributed by atoms with Crippen LogP contribution in [0.15, 0.2) is 0 Å². The predicted molar refractivity (Wildman–Crippen MR) is 118 cm³/mol. The van der Waals surface area contributed by atoms with Gasteiger partial charge in [-0.15, -0.1) is 11.5 Å². The molecule has 0 heterocycles. The molecule has 0 amide bonds. The molecule has 0 aliphatic carbocycles.